The summed E-state index contributed by atoms with van der Waals surface area (Å²) in [5.74, 6) is 1.28. The Morgan fingerprint density at radius 2 is 2.26 bits per heavy atom. The standard InChI is InChI=1S/C12H15N5O2/c1-3-11(19-12-14-16-17-15-12)4-2-10(1)13-7-9-5-6-18-8-9/h1-4,9,13H,5-8H2,(H,14,15,16,17). The van der Waals surface area contributed by atoms with Gasteiger partial charge in [0.2, 0.25) is 0 Å². The van der Waals surface area contributed by atoms with Gasteiger partial charge in [-0.1, -0.05) is 10.2 Å². The van der Waals surface area contributed by atoms with Crippen LogP contribution in [0.15, 0.2) is 24.3 Å². The molecule has 0 bridgehead atoms. The first kappa shape index (κ1) is 11.9. The van der Waals surface area contributed by atoms with Gasteiger partial charge in [-0.25, -0.2) is 0 Å². The highest BCUT2D eigenvalue weighted by molar-refractivity contribution is 5.46. The Bertz CT molecular complexity index is 493. The zero-order valence-corrected chi connectivity index (χ0v) is 10.4. The maximum atomic E-state index is 5.39. The van der Waals surface area contributed by atoms with Crippen molar-refractivity contribution < 1.29 is 9.47 Å². The van der Waals surface area contributed by atoms with Crippen molar-refractivity contribution in [3.8, 4) is 11.8 Å². The molecule has 1 aliphatic rings. The van der Waals surface area contributed by atoms with Crippen LogP contribution in [0, 0.1) is 5.92 Å². The molecule has 0 amide bonds. The zero-order chi connectivity index (χ0) is 12.9. The summed E-state index contributed by atoms with van der Waals surface area (Å²) in [5, 5.41) is 16.6. The van der Waals surface area contributed by atoms with E-state index in [-0.39, 0.29) is 6.01 Å². The first-order chi connectivity index (χ1) is 9.40. The molecule has 0 saturated carbocycles. The maximum Gasteiger partial charge on any atom is 0.361 e. The SMILES string of the molecule is c1cc(Oc2nn[nH]n2)ccc1NCC1CCOC1. The van der Waals surface area contributed by atoms with Crippen molar-refractivity contribution in [3.63, 3.8) is 0 Å². The second-order valence-corrected chi connectivity index (χ2v) is 4.43. The van der Waals surface area contributed by atoms with Gasteiger partial charge in [-0.3, -0.25) is 0 Å². The third-order valence-corrected chi connectivity index (χ3v) is 3.01. The van der Waals surface area contributed by atoms with Crippen LogP contribution in [0.5, 0.6) is 11.8 Å². The van der Waals surface area contributed by atoms with E-state index in [0.717, 1.165) is 31.9 Å². The molecule has 1 atom stereocenters. The zero-order valence-electron chi connectivity index (χ0n) is 10.4. The van der Waals surface area contributed by atoms with Gasteiger partial charge in [0.1, 0.15) is 5.75 Å². The summed E-state index contributed by atoms with van der Waals surface area (Å²) >= 11 is 0. The molecule has 7 heteroatoms. The van der Waals surface area contributed by atoms with Gasteiger partial charge in [0, 0.05) is 24.8 Å². The van der Waals surface area contributed by atoms with Gasteiger partial charge in [0.15, 0.2) is 0 Å². The number of aromatic nitrogens is 4. The molecular formula is C12H15N5O2. The molecule has 1 unspecified atom stereocenters. The van der Waals surface area contributed by atoms with Gasteiger partial charge in [-0.15, -0.1) is 0 Å². The normalized spacial score (nSPS) is 18.4. The van der Waals surface area contributed by atoms with Crippen molar-refractivity contribution in [2.24, 2.45) is 5.92 Å². The lowest BCUT2D eigenvalue weighted by atomic mass is 10.1. The van der Waals surface area contributed by atoms with Crippen LogP contribution < -0.4 is 10.1 Å². The lowest BCUT2D eigenvalue weighted by molar-refractivity contribution is 0.187. The van der Waals surface area contributed by atoms with Gasteiger partial charge < -0.3 is 14.8 Å². The second kappa shape index (κ2) is 5.66. The summed E-state index contributed by atoms with van der Waals surface area (Å²) < 4.78 is 10.7. The van der Waals surface area contributed by atoms with E-state index in [1.165, 1.54) is 0 Å². The largest absolute Gasteiger partial charge is 0.422 e. The average Bonchev–Trinajstić information content (AvgIpc) is 3.11. The Morgan fingerprint density at radius 1 is 1.37 bits per heavy atom. The number of rotatable bonds is 5. The van der Waals surface area contributed by atoms with Crippen LogP contribution >= 0.6 is 0 Å². The topological polar surface area (TPSA) is 85.0 Å². The number of benzene rings is 1. The molecule has 2 heterocycles. The molecule has 3 rings (SSSR count). The van der Waals surface area contributed by atoms with Crippen LogP contribution in [0.1, 0.15) is 6.42 Å². The minimum absolute atomic E-state index is 0.212. The number of anilines is 1. The van der Waals surface area contributed by atoms with E-state index in [9.17, 15) is 0 Å². The highest BCUT2D eigenvalue weighted by atomic mass is 16.5. The first-order valence-electron chi connectivity index (χ1n) is 6.23. The van der Waals surface area contributed by atoms with Crippen LogP contribution in [-0.2, 0) is 4.74 Å². The van der Waals surface area contributed by atoms with E-state index in [2.05, 4.69) is 25.9 Å². The number of tetrazole rings is 1. The summed E-state index contributed by atoms with van der Waals surface area (Å²) in [6, 6.07) is 7.87. The highest BCUT2D eigenvalue weighted by Crippen LogP contribution is 2.20. The van der Waals surface area contributed by atoms with E-state index in [4.69, 9.17) is 9.47 Å². The summed E-state index contributed by atoms with van der Waals surface area (Å²) in [6.45, 7) is 2.67. The predicted octanol–water partition coefficient (Wildman–Crippen LogP) is 1.44. The molecule has 1 aromatic carbocycles. The van der Waals surface area contributed by atoms with E-state index in [1.807, 2.05) is 24.3 Å². The van der Waals surface area contributed by atoms with Crippen molar-refractivity contribution in [2.45, 2.75) is 6.42 Å². The van der Waals surface area contributed by atoms with Gasteiger partial charge in [-0.05, 0) is 35.9 Å². The van der Waals surface area contributed by atoms with Crippen molar-refractivity contribution in [1.29, 1.82) is 0 Å². The van der Waals surface area contributed by atoms with Crippen LogP contribution in [0.3, 0.4) is 0 Å². The first-order valence-corrected chi connectivity index (χ1v) is 6.23. The van der Waals surface area contributed by atoms with Crippen LogP contribution in [0.2, 0.25) is 0 Å². The third-order valence-electron chi connectivity index (χ3n) is 3.01. The number of nitrogens with one attached hydrogen (secondary N) is 2. The molecule has 1 aliphatic heterocycles. The van der Waals surface area contributed by atoms with E-state index in [1.54, 1.807) is 0 Å². The highest BCUT2D eigenvalue weighted by Gasteiger charge is 2.14. The number of H-pyrrole nitrogens is 1. The minimum atomic E-state index is 0.212. The lowest BCUT2D eigenvalue weighted by Gasteiger charge is -2.10. The number of hydrogen-bond acceptors (Lipinski definition) is 6. The van der Waals surface area contributed by atoms with Gasteiger partial charge in [0.25, 0.3) is 0 Å². The molecule has 0 spiro atoms. The van der Waals surface area contributed by atoms with Crippen LogP contribution in [0.4, 0.5) is 5.69 Å². The Hall–Kier alpha value is -2.15. The van der Waals surface area contributed by atoms with Crippen molar-refractivity contribution in [2.75, 3.05) is 25.1 Å². The maximum absolute atomic E-state index is 5.39. The van der Waals surface area contributed by atoms with Crippen LogP contribution in [-0.4, -0.2) is 40.4 Å². The summed E-state index contributed by atoms with van der Waals surface area (Å²) in [7, 11) is 0. The molecule has 2 aromatic rings. The lowest BCUT2D eigenvalue weighted by Crippen LogP contribution is -2.13. The van der Waals surface area contributed by atoms with E-state index < -0.39 is 0 Å². The van der Waals surface area contributed by atoms with Crippen molar-refractivity contribution >= 4 is 5.69 Å². The Labute approximate surface area is 110 Å². The molecule has 1 fully saturated rings. The van der Waals surface area contributed by atoms with E-state index in [0.29, 0.717) is 11.7 Å². The van der Waals surface area contributed by atoms with Gasteiger partial charge in [0.05, 0.1) is 6.61 Å². The monoisotopic (exact) mass is 261 g/mol. The molecule has 7 nitrogen and oxygen atoms in total. The molecule has 2 N–H and O–H groups in total. The summed E-state index contributed by atoms with van der Waals surface area (Å²) in [4.78, 5) is 0. The fourth-order valence-corrected chi connectivity index (χ4v) is 1.95. The van der Waals surface area contributed by atoms with E-state index >= 15 is 0 Å². The number of nitrogens with zero attached hydrogens (tertiary/aromatic N) is 3. The molecule has 100 valence electrons. The van der Waals surface area contributed by atoms with Crippen LogP contribution in [0.25, 0.3) is 0 Å². The van der Waals surface area contributed by atoms with Gasteiger partial charge >= 0.3 is 6.01 Å². The predicted molar refractivity (Wildman–Crippen MR) is 68.1 cm³/mol. The van der Waals surface area contributed by atoms with Crippen molar-refractivity contribution in [1.82, 2.24) is 20.6 Å². The molecule has 0 radical (unpaired) electrons. The number of ether oxygens (including phenoxy) is 2. The average molecular weight is 261 g/mol. The third kappa shape index (κ3) is 3.19. The molecular weight excluding hydrogens is 246 g/mol. The summed E-state index contributed by atoms with van der Waals surface area (Å²) in [5.41, 5.74) is 1.06. The van der Waals surface area contributed by atoms with Crippen molar-refractivity contribution in [3.05, 3.63) is 24.3 Å². The Balaban J connectivity index is 1.53. The Kier molecular flexibility index (Phi) is 3.55. The fraction of sp³-hybridized carbons (Fsp3) is 0.417. The molecule has 19 heavy (non-hydrogen) atoms. The number of hydrogen-bond donors (Lipinski definition) is 2. The molecule has 0 aliphatic carbocycles. The number of aromatic amines is 1. The van der Waals surface area contributed by atoms with Gasteiger partial charge in [-0.2, -0.15) is 5.21 Å². The smallest absolute Gasteiger partial charge is 0.361 e. The molecule has 1 saturated heterocycles. The second-order valence-electron chi connectivity index (χ2n) is 4.43. The fourth-order valence-electron chi connectivity index (χ4n) is 1.95. The molecule has 1 aromatic heterocycles. The quantitative estimate of drug-likeness (QED) is 0.847. The summed E-state index contributed by atoms with van der Waals surface area (Å²) in [6.07, 6.45) is 1.13. The Morgan fingerprint density at radius 3 is 2.95 bits per heavy atom. The minimum Gasteiger partial charge on any atom is -0.422 e.